The molecule has 1 aromatic heterocycles. The first-order chi connectivity index (χ1) is 16.0. The van der Waals surface area contributed by atoms with Crippen LogP contribution in [-0.2, 0) is 11.2 Å². The third-order valence-electron chi connectivity index (χ3n) is 4.94. The zero-order valence-electron chi connectivity index (χ0n) is 17.4. The molecule has 0 amide bonds. The normalized spacial score (nSPS) is 12.1. The predicted octanol–water partition coefficient (Wildman–Crippen LogP) is 5.38. The number of fused-ring (bicyclic) bond motifs is 1. The highest BCUT2D eigenvalue weighted by Gasteiger charge is 2.21. The van der Waals surface area contributed by atoms with Gasteiger partial charge in [-0.05, 0) is 42.7 Å². The fourth-order valence-corrected chi connectivity index (χ4v) is 3.26. The Morgan fingerprint density at radius 3 is 2.36 bits per heavy atom. The molecule has 1 atom stereocenters. The van der Waals surface area contributed by atoms with Crippen LogP contribution in [0.5, 0.6) is 11.5 Å². The Balaban J connectivity index is 1.56. The average molecular weight is 444 g/mol. The van der Waals surface area contributed by atoms with Crippen molar-refractivity contribution in [3.63, 3.8) is 0 Å². The molecule has 1 heterocycles. The minimum atomic E-state index is -1.10. The van der Waals surface area contributed by atoms with Crippen LogP contribution in [0, 0.1) is 0 Å². The highest BCUT2D eigenvalue weighted by molar-refractivity contribution is 5.88. The second-order valence-electron chi connectivity index (χ2n) is 7.25. The molecule has 4 rings (SSSR count). The molecule has 0 bridgehead atoms. The molecular formula is C25H20N2O6. The second-order valence-corrected chi connectivity index (χ2v) is 7.25. The van der Waals surface area contributed by atoms with Crippen molar-refractivity contribution >= 4 is 28.3 Å². The van der Waals surface area contributed by atoms with E-state index in [1.807, 2.05) is 36.4 Å². The van der Waals surface area contributed by atoms with Crippen molar-refractivity contribution in [3.8, 4) is 11.5 Å². The summed E-state index contributed by atoms with van der Waals surface area (Å²) in [6.45, 7) is 0. The first kappa shape index (κ1) is 21.8. The number of carboxylic acids is 1. The molecule has 33 heavy (non-hydrogen) atoms. The summed E-state index contributed by atoms with van der Waals surface area (Å²) < 4.78 is 10.9. The molecule has 0 spiro atoms. The molecule has 0 saturated heterocycles. The van der Waals surface area contributed by atoms with Crippen molar-refractivity contribution in [1.82, 2.24) is 0 Å². The third-order valence-corrected chi connectivity index (χ3v) is 4.94. The van der Waals surface area contributed by atoms with Crippen LogP contribution < -0.4 is 10.4 Å². The molecule has 0 aliphatic carbocycles. The van der Waals surface area contributed by atoms with Crippen LogP contribution in [0.2, 0.25) is 0 Å². The van der Waals surface area contributed by atoms with Crippen LogP contribution in [0.4, 0.5) is 11.4 Å². The number of aryl methyl sites for hydroxylation is 1. The van der Waals surface area contributed by atoms with Gasteiger partial charge in [-0.1, -0.05) is 48.5 Å². The third kappa shape index (κ3) is 5.24. The Hall–Kier alpha value is -4.46. The average Bonchev–Trinajstić information content (AvgIpc) is 2.82. The lowest BCUT2D eigenvalue weighted by atomic mass is 10.1. The fourth-order valence-electron chi connectivity index (χ4n) is 3.26. The van der Waals surface area contributed by atoms with Gasteiger partial charge in [0.15, 0.2) is 11.9 Å². The summed E-state index contributed by atoms with van der Waals surface area (Å²) in [4.78, 5) is 24.0. The molecule has 8 nitrogen and oxygen atoms in total. The molecule has 1 unspecified atom stereocenters. The minimum Gasteiger partial charge on any atom is -0.505 e. The van der Waals surface area contributed by atoms with E-state index in [9.17, 15) is 19.8 Å². The van der Waals surface area contributed by atoms with E-state index in [1.54, 1.807) is 24.3 Å². The first-order valence-electron chi connectivity index (χ1n) is 10.2. The van der Waals surface area contributed by atoms with Gasteiger partial charge >= 0.3 is 11.6 Å². The molecule has 2 N–H and O–H groups in total. The summed E-state index contributed by atoms with van der Waals surface area (Å²) in [5, 5.41) is 28.1. The largest absolute Gasteiger partial charge is 0.505 e. The van der Waals surface area contributed by atoms with Gasteiger partial charge in [0.2, 0.25) is 5.69 Å². The van der Waals surface area contributed by atoms with Crippen molar-refractivity contribution in [1.29, 1.82) is 0 Å². The monoisotopic (exact) mass is 444 g/mol. The summed E-state index contributed by atoms with van der Waals surface area (Å²) in [6, 6.07) is 22.6. The summed E-state index contributed by atoms with van der Waals surface area (Å²) >= 11 is 0. The van der Waals surface area contributed by atoms with Gasteiger partial charge in [0.1, 0.15) is 11.3 Å². The Morgan fingerprint density at radius 2 is 1.67 bits per heavy atom. The smallest absolute Gasteiger partial charge is 0.368 e. The lowest BCUT2D eigenvalue weighted by molar-refractivity contribution is -0.145. The highest BCUT2D eigenvalue weighted by Crippen LogP contribution is 2.34. The van der Waals surface area contributed by atoms with Crippen LogP contribution in [0.1, 0.15) is 12.0 Å². The lowest BCUT2D eigenvalue weighted by Crippen LogP contribution is -2.27. The first-order valence-corrected chi connectivity index (χ1v) is 10.2. The number of rotatable bonds is 8. The SMILES string of the molecule is O=C(O)C(CCc1ccccc1)Oc1ccc2c(O)c(N=Nc3ccccc3)c(=O)oc2c1. The van der Waals surface area contributed by atoms with Crippen LogP contribution in [0.25, 0.3) is 11.0 Å². The summed E-state index contributed by atoms with van der Waals surface area (Å²) in [5.41, 5.74) is 0.345. The van der Waals surface area contributed by atoms with Crippen molar-refractivity contribution < 1.29 is 24.2 Å². The van der Waals surface area contributed by atoms with Gasteiger partial charge in [0.05, 0.1) is 11.1 Å². The zero-order chi connectivity index (χ0) is 23.2. The number of hydrogen-bond acceptors (Lipinski definition) is 7. The van der Waals surface area contributed by atoms with E-state index >= 15 is 0 Å². The maximum Gasteiger partial charge on any atom is 0.368 e. The van der Waals surface area contributed by atoms with Gasteiger partial charge in [-0.25, -0.2) is 9.59 Å². The number of benzene rings is 3. The number of ether oxygens (including phenoxy) is 1. The molecule has 0 fully saturated rings. The van der Waals surface area contributed by atoms with Crippen LogP contribution >= 0.6 is 0 Å². The number of carbonyl (C=O) groups is 1. The highest BCUT2D eigenvalue weighted by atomic mass is 16.5. The van der Waals surface area contributed by atoms with Crippen molar-refractivity contribution in [2.45, 2.75) is 18.9 Å². The number of aromatic hydroxyl groups is 1. The Bertz CT molecular complexity index is 1350. The van der Waals surface area contributed by atoms with E-state index in [0.29, 0.717) is 12.1 Å². The van der Waals surface area contributed by atoms with Crippen molar-refractivity contribution in [2.75, 3.05) is 0 Å². The summed E-state index contributed by atoms with van der Waals surface area (Å²) in [7, 11) is 0. The van der Waals surface area contributed by atoms with Gasteiger partial charge in [-0.2, -0.15) is 5.11 Å². The molecule has 4 aromatic rings. The molecule has 3 aromatic carbocycles. The molecule has 0 radical (unpaired) electrons. The number of carboxylic acid groups (broad SMARTS) is 1. The zero-order valence-corrected chi connectivity index (χ0v) is 17.4. The number of hydrogen-bond donors (Lipinski definition) is 2. The predicted molar refractivity (Wildman–Crippen MR) is 122 cm³/mol. The maximum atomic E-state index is 12.4. The van der Waals surface area contributed by atoms with Gasteiger partial charge in [-0.15, -0.1) is 5.11 Å². The Morgan fingerprint density at radius 1 is 0.970 bits per heavy atom. The standard InChI is InChI=1S/C25H20N2O6/c28-23-19-13-12-18(32-20(24(29)30)14-11-16-7-3-1-4-8-16)15-21(19)33-25(31)22(23)27-26-17-9-5-2-6-10-17/h1-10,12-13,15,20,28H,11,14H2,(H,29,30). The van der Waals surface area contributed by atoms with E-state index in [0.717, 1.165) is 5.56 Å². The number of nitrogens with zero attached hydrogens (tertiary/aromatic N) is 2. The van der Waals surface area contributed by atoms with Crippen LogP contribution in [-0.4, -0.2) is 22.3 Å². The second kappa shape index (κ2) is 9.78. The van der Waals surface area contributed by atoms with E-state index in [4.69, 9.17) is 9.15 Å². The molecule has 0 saturated carbocycles. The van der Waals surface area contributed by atoms with Crippen molar-refractivity contribution in [2.24, 2.45) is 10.2 Å². The topological polar surface area (TPSA) is 122 Å². The summed E-state index contributed by atoms with van der Waals surface area (Å²) in [6.07, 6.45) is -0.315. The Labute approximate surface area is 188 Å². The van der Waals surface area contributed by atoms with E-state index in [1.165, 1.54) is 18.2 Å². The van der Waals surface area contributed by atoms with Crippen molar-refractivity contribution in [3.05, 3.63) is 94.8 Å². The Kier molecular flexibility index (Phi) is 6.45. The maximum absolute atomic E-state index is 12.4. The molecule has 0 aliphatic heterocycles. The van der Waals surface area contributed by atoms with E-state index < -0.39 is 17.7 Å². The van der Waals surface area contributed by atoms with E-state index in [-0.39, 0.29) is 34.6 Å². The molecular weight excluding hydrogens is 424 g/mol. The van der Waals surface area contributed by atoms with Gasteiger partial charge in [0.25, 0.3) is 0 Å². The van der Waals surface area contributed by atoms with Gasteiger partial charge in [-0.3, -0.25) is 0 Å². The molecule has 166 valence electrons. The van der Waals surface area contributed by atoms with Gasteiger partial charge in [0, 0.05) is 6.07 Å². The molecule has 8 heteroatoms. The lowest BCUT2D eigenvalue weighted by Gasteiger charge is -2.15. The van der Waals surface area contributed by atoms with Crippen LogP contribution in [0.3, 0.4) is 0 Å². The molecule has 0 aliphatic rings. The number of azo groups is 1. The van der Waals surface area contributed by atoms with Gasteiger partial charge < -0.3 is 19.4 Å². The fraction of sp³-hybridized carbons (Fsp3) is 0.120. The van der Waals surface area contributed by atoms with Crippen LogP contribution in [0.15, 0.2) is 98.3 Å². The quantitative estimate of drug-likeness (QED) is 0.278. The number of aliphatic carboxylic acids is 1. The summed E-state index contributed by atoms with van der Waals surface area (Å²) in [5.74, 6) is -1.29. The van der Waals surface area contributed by atoms with E-state index in [2.05, 4.69) is 10.2 Å². The minimum absolute atomic E-state index is 0.0425.